The predicted octanol–water partition coefficient (Wildman–Crippen LogP) is 3.34. The highest BCUT2D eigenvalue weighted by molar-refractivity contribution is 6.00. The Hall–Kier alpha value is -2.42. The average molecular weight is 268 g/mol. The summed E-state index contributed by atoms with van der Waals surface area (Å²) in [6.07, 6.45) is 0.0664. The minimum atomic E-state index is -0.607. The third kappa shape index (κ3) is 3.12. The van der Waals surface area contributed by atoms with Gasteiger partial charge < -0.3 is 5.11 Å². The second-order valence-corrected chi connectivity index (χ2v) is 4.72. The van der Waals surface area contributed by atoms with Crippen LogP contribution in [0.4, 0.5) is 0 Å². The molecular formula is C17H16O3. The van der Waals surface area contributed by atoms with Crippen LogP contribution in [0.25, 0.3) is 0 Å². The van der Waals surface area contributed by atoms with Gasteiger partial charge in [-0.3, -0.25) is 9.59 Å². The molecule has 2 rings (SSSR count). The molecule has 0 spiro atoms. The molecule has 0 aliphatic rings. The van der Waals surface area contributed by atoms with Crippen LogP contribution in [0.5, 0.6) is 5.75 Å². The number of aromatic hydroxyl groups is 1. The molecule has 20 heavy (non-hydrogen) atoms. The Morgan fingerprint density at radius 3 is 2.20 bits per heavy atom. The highest BCUT2D eigenvalue weighted by Gasteiger charge is 2.23. The standard InChI is InChI=1S/C17H16O3/c1-12(18)15(14-9-5-6-10-16(14)19)11-17(20)13-7-3-2-4-8-13/h2-10,15,19H,11H2,1H3/t15-/m0/s1. The fourth-order valence-electron chi connectivity index (χ4n) is 2.18. The average Bonchev–Trinajstić information content (AvgIpc) is 2.46. The summed E-state index contributed by atoms with van der Waals surface area (Å²) in [6, 6.07) is 15.5. The monoisotopic (exact) mass is 268 g/mol. The largest absolute Gasteiger partial charge is 0.508 e. The minimum absolute atomic E-state index is 0.0496. The van der Waals surface area contributed by atoms with Crippen molar-refractivity contribution in [2.24, 2.45) is 0 Å². The molecule has 102 valence electrons. The van der Waals surface area contributed by atoms with E-state index in [-0.39, 0.29) is 23.7 Å². The molecule has 2 aromatic carbocycles. The van der Waals surface area contributed by atoms with E-state index in [4.69, 9.17) is 0 Å². The van der Waals surface area contributed by atoms with Crippen molar-refractivity contribution in [1.29, 1.82) is 0 Å². The lowest BCUT2D eigenvalue weighted by Crippen LogP contribution is -2.14. The van der Waals surface area contributed by atoms with Crippen LogP contribution in [0.1, 0.15) is 35.2 Å². The van der Waals surface area contributed by atoms with Crippen LogP contribution in [0, 0.1) is 0 Å². The summed E-state index contributed by atoms with van der Waals surface area (Å²) in [5.74, 6) is -0.790. The van der Waals surface area contributed by atoms with Gasteiger partial charge in [0.1, 0.15) is 11.5 Å². The normalized spacial score (nSPS) is 11.8. The topological polar surface area (TPSA) is 54.4 Å². The number of Topliss-reactive ketones (excluding diaryl/α,β-unsaturated/α-hetero) is 2. The van der Waals surface area contributed by atoms with E-state index in [0.717, 1.165) is 0 Å². The summed E-state index contributed by atoms with van der Waals surface area (Å²) < 4.78 is 0. The summed E-state index contributed by atoms with van der Waals surface area (Å²) in [4.78, 5) is 24.0. The molecule has 0 saturated carbocycles. The Labute approximate surface area is 117 Å². The Morgan fingerprint density at radius 2 is 1.60 bits per heavy atom. The lowest BCUT2D eigenvalue weighted by Gasteiger charge is -2.15. The van der Waals surface area contributed by atoms with Gasteiger partial charge in [0.05, 0.1) is 5.92 Å². The van der Waals surface area contributed by atoms with E-state index in [1.807, 2.05) is 6.07 Å². The first-order chi connectivity index (χ1) is 9.59. The predicted molar refractivity (Wildman–Crippen MR) is 76.9 cm³/mol. The number of carbonyl (C=O) groups is 2. The van der Waals surface area contributed by atoms with Crippen LogP contribution in [0.15, 0.2) is 54.6 Å². The fraction of sp³-hybridized carbons (Fsp3) is 0.176. The van der Waals surface area contributed by atoms with Gasteiger partial charge in [0, 0.05) is 17.5 Å². The van der Waals surface area contributed by atoms with Crippen molar-refractivity contribution in [2.45, 2.75) is 19.3 Å². The molecule has 0 radical (unpaired) electrons. The smallest absolute Gasteiger partial charge is 0.163 e. The molecule has 3 nitrogen and oxygen atoms in total. The zero-order chi connectivity index (χ0) is 14.5. The van der Waals surface area contributed by atoms with Crippen LogP contribution in [-0.4, -0.2) is 16.7 Å². The number of para-hydroxylation sites is 1. The van der Waals surface area contributed by atoms with Crippen LogP contribution < -0.4 is 0 Å². The van der Waals surface area contributed by atoms with E-state index in [1.54, 1.807) is 42.5 Å². The maximum atomic E-state index is 12.2. The molecule has 0 aliphatic heterocycles. The number of phenolic OH excluding ortho intramolecular Hbond substituents is 1. The number of rotatable bonds is 5. The van der Waals surface area contributed by atoms with E-state index in [0.29, 0.717) is 11.1 Å². The molecule has 0 heterocycles. The summed E-state index contributed by atoms with van der Waals surface area (Å²) in [6.45, 7) is 1.44. The van der Waals surface area contributed by atoms with Gasteiger partial charge in [0.25, 0.3) is 0 Å². The van der Waals surface area contributed by atoms with Gasteiger partial charge in [0.15, 0.2) is 5.78 Å². The number of hydrogen-bond acceptors (Lipinski definition) is 3. The van der Waals surface area contributed by atoms with Crippen molar-refractivity contribution in [3.05, 3.63) is 65.7 Å². The number of ketones is 2. The molecule has 0 aromatic heterocycles. The summed E-state index contributed by atoms with van der Waals surface area (Å²) in [5.41, 5.74) is 1.08. The molecule has 0 unspecified atom stereocenters. The van der Waals surface area contributed by atoms with Gasteiger partial charge in [-0.2, -0.15) is 0 Å². The van der Waals surface area contributed by atoms with E-state index >= 15 is 0 Å². The van der Waals surface area contributed by atoms with Crippen LogP contribution in [0.3, 0.4) is 0 Å². The Balaban J connectivity index is 2.26. The van der Waals surface area contributed by atoms with Gasteiger partial charge in [-0.15, -0.1) is 0 Å². The summed E-state index contributed by atoms with van der Waals surface area (Å²) in [7, 11) is 0. The van der Waals surface area contributed by atoms with E-state index < -0.39 is 5.92 Å². The first-order valence-corrected chi connectivity index (χ1v) is 6.46. The number of carbonyl (C=O) groups excluding carboxylic acids is 2. The maximum absolute atomic E-state index is 12.2. The molecule has 0 fully saturated rings. The molecular weight excluding hydrogens is 252 g/mol. The van der Waals surface area contributed by atoms with Gasteiger partial charge in [-0.1, -0.05) is 48.5 Å². The molecule has 0 bridgehead atoms. The van der Waals surface area contributed by atoms with Gasteiger partial charge >= 0.3 is 0 Å². The summed E-state index contributed by atoms with van der Waals surface area (Å²) in [5, 5.41) is 9.85. The van der Waals surface area contributed by atoms with Gasteiger partial charge in [-0.05, 0) is 13.0 Å². The highest BCUT2D eigenvalue weighted by Crippen LogP contribution is 2.29. The second-order valence-electron chi connectivity index (χ2n) is 4.72. The Bertz CT molecular complexity index is 617. The molecule has 0 saturated heterocycles. The molecule has 2 aromatic rings. The Kier molecular flexibility index (Phi) is 4.31. The number of phenols is 1. The van der Waals surface area contributed by atoms with Gasteiger partial charge in [0.2, 0.25) is 0 Å². The Morgan fingerprint density at radius 1 is 1.00 bits per heavy atom. The van der Waals surface area contributed by atoms with Crippen LogP contribution in [0.2, 0.25) is 0 Å². The van der Waals surface area contributed by atoms with Crippen molar-refractivity contribution in [3.63, 3.8) is 0 Å². The van der Waals surface area contributed by atoms with Crippen LogP contribution >= 0.6 is 0 Å². The maximum Gasteiger partial charge on any atom is 0.163 e. The first kappa shape index (κ1) is 14.0. The van der Waals surface area contributed by atoms with E-state index in [2.05, 4.69) is 0 Å². The SMILES string of the molecule is CC(=O)[C@H](CC(=O)c1ccccc1)c1ccccc1O. The fourth-order valence-corrected chi connectivity index (χ4v) is 2.18. The molecule has 1 N–H and O–H groups in total. The zero-order valence-electron chi connectivity index (χ0n) is 11.2. The van der Waals surface area contributed by atoms with E-state index in [1.165, 1.54) is 13.0 Å². The quantitative estimate of drug-likeness (QED) is 0.846. The van der Waals surface area contributed by atoms with Gasteiger partial charge in [-0.25, -0.2) is 0 Å². The van der Waals surface area contributed by atoms with Crippen molar-refractivity contribution >= 4 is 11.6 Å². The molecule has 1 atom stereocenters. The van der Waals surface area contributed by atoms with Crippen molar-refractivity contribution in [1.82, 2.24) is 0 Å². The van der Waals surface area contributed by atoms with Crippen molar-refractivity contribution < 1.29 is 14.7 Å². The van der Waals surface area contributed by atoms with E-state index in [9.17, 15) is 14.7 Å². The number of hydrogen-bond donors (Lipinski definition) is 1. The first-order valence-electron chi connectivity index (χ1n) is 6.46. The lowest BCUT2D eigenvalue weighted by atomic mass is 9.88. The second kappa shape index (κ2) is 6.15. The molecule has 0 amide bonds. The zero-order valence-corrected chi connectivity index (χ0v) is 11.2. The third-order valence-electron chi connectivity index (χ3n) is 3.29. The minimum Gasteiger partial charge on any atom is -0.508 e. The molecule has 0 aliphatic carbocycles. The highest BCUT2D eigenvalue weighted by atomic mass is 16.3. The summed E-state index contributed by atoms with van der Waals surface area (Å²) >= 11 is 0. The lowest BCUT2D eigenvalue weighted by molar-refractivity contribution is -0.118. The number of benzene rings is 2. The molecule has 3 heteroatoms. The third-order valence-corrected chi connectivity index (χ3v) is 3.29. The van der Waals surface area contributed by atoms with Crippen LogP contribution in [-0.2, 0) is 4.79 Å². The van der Waals surface area contributed by atoms with Crippen molar-refractivity contribution in [3.8, 4) is 5.75 Å². The van der Waals surface area contributed by atoms with Crippen molar-refractivity contribution in [2.75, 3.05) is 0 Å².